The Morgan fingerprint density at radius 1 is 1.47 bits per heavy atom. The maximum atomic E-state index is 11.3. The molecule has 1 aromatic rings. The number of ether oxygens (including phenoxy) is 1. The Hall–Kier alpha value is -1.78. The zero-order valence-corrected chi connectivity index (χ0v) is 8.90. The number of carbonyl (C=O) groups excluding carboxylic acids is 1. The first-order chi connectivity index (χ1) is 6.97. The molecule has 0 fully saturated rings. The molecular weight excluding hydrogens is 198 g/mol. The summed E-state index contributed by atoms with van der Waals surface area (Å²) in [5.74, 6) is -1.51. The van der Waals surface area contributed by atoms with E-state index in [0.717, 1.165) is 11.3 Å². The fourth-order valence-electron chi connectivity index (χ4n) is 1.39. The van der Waals surface area contributed by atoms with Crippen LogP contribution in [0, 0.1) is 13.8 Å². The van der Waals surface area contributed by atoms with Gasteiger partial charge in [0.05, 0.1) is 7.11 Å². The minimum atomic E-state index is -0.987. The lowest BCUT2D eigenvalue weighted by Gasteiger charge is -2.07. The number of rotatable bonds is 3. The molecule has 0 radical (unpaired) electrons. The highest BCUT2D eigenvalue weighted by molar-refractivity contribution is 5.88. The number of hydrogen-bond donors (Lipinski definition) is 1. The molecule has 82 valence electrons. The van der Waals surface area contributed by atoms with E-state index in [4.69, 9.17) is 5.11 Å². The SMILES string of the molecule is COC(=O)c1cc(C)c(C)n1CC(=O)O. The predicted octanol–water partition coefficient (Wildman–Crippen LogP) is 0.976. The molecule has 1 N–H and O–H groups in total. The fraction of sp³-hybridized carbons (Fsp3) is 0.400. The van der Waals surface area contributed by atoms with Crippen LogP contribution >= 0.6 is 0 Å². The summed E-state index contributed by atoms with van der Waals surface area (Å²) < 4.78 is 6.01. The lowest BCUT2D eigenvalue weighted by Crippen LogP contribution is -2.16. The van der Waals surface area contributed by atoms with Crippen molar-refractivity contribution in [2.75, 3.05) is 7.11 Å². The topological polar surface area (TPSA) is 68.5 Å². The van der Waals surface area contributed by atoms with Crippen molar-refractivity contribution >= 4 is 11.9 Å². The van der Waals surface area contributed by atoms with Crippen LogP contribution in [-0.4, -0.2) is 28.7 Å². The monoisotopic (exact) mass is 211 g/mol. The lowest BCUT2D eigenvalue weighted by atomic mass is 10.3. The molecule has 0 aliphatic rings. The molecule has 0 saturated carbocycles. The maximum absolute atomic E-state index is 11.3. The normalized spacial score (nSPS) is 10.1. The predicted molar refractivity (Wildman–Crippen MR) is 52.9 cm³/mol. The second-order valence-electron chi connectivity index (χ2n) is 3.27. The number of carboxylic acid groups (broad SMARTS) is 1. The lowest BCUT2D eigenvalue weighted by molar-refractivity contribution is -0.137. The van der Waals surface area contributed by atoms with E-state index in [-0.39, 0.29) is 12.2 Å². The quantitative estimate of drug-likeness (QED) is 0.756. The minimum Gasteiger partial charge on any atom is -0.480 e. The van der Waals surface area contributed by atoms with Crippen molar-refractivity contribution in [3.8, 4) is 0 Å². The Balaban J connectivity index is 3.20. The Kier molecular flexibility index (Phi) is 3.14. The van der Waals surface area contributed by atoms with E-state index in [0.29, 0.717) is 0 Å². The van der Waals surface area contributed by atoms with Gasteiger partial charge < -0.3 is 14.4 Å². The largest absolute Gasteiger partial charge is 0.480 e. The van der Waals surface area contributed by atoms with Gasteiger partial charge in [0.1, 0.15) is 12.2 Å². The number of carbonyl (C=O) groups is 2. The summed E-state index contributed by atoms with van der Waals surface area (Å²) >= 11 is 0. The van der Waals surface area contributed by atoms with Crippen molar-refractivity contribution < 1.29 is 19.4 Å². The van der Waals surface area contributed by atoms with Crippen molar-refractivity contribution in [1.82, 2.24) is 4.57 Å². The molecule has 5 nitrogen and oxygen atoms in total. The smallest absolute Gasteiger partial charge is 0.354 e. The summed E-state index contributed by atoms with van der Waals surface area (Å²) in [5.41, 5.74) is 1.91. The van der Waals surface area contributed by atoms with Crippen LogP contribution in [-0.2, 0) is 16.1 Å². The molecule has 1 rings (SSSR count). The average Bonchev–Trinajstić information content (AvgIpc) is 2.44. The first-order valence-electron chi connectivity index (χ1n) is 4.44. The third kappa shape index (κ3) is 2.18. The van der Waals surface area contributed by atoms with Crippen LogP contribution < -0.4 is 0 Å². The summed E-state index contributed by atoms with van der Waals surface area (Å²) in [4.78, 5) is 22.0. The van der Waals surface area contributed by atoms with Crippen LogP contribution in [0.3, 0.4) is 0 Å². The third-order valence-corrected chi connectivity index (χ3v) is 2.31. The van der Waals surface area contributed by atoms with Gasteiger partial charge in [-0.3, -0.25) is 4.79 Å². The molecule has 0 aliphatic carbocycles. The molecular formula is C10H13NO4. The molecule has 0 aromatic carbocycles. The summed E-state index contributed by atoms with van der Waals surface area (Å²) in [6, 6.07) is 1.63. The number of carboxylic acids is 1. The molecule has 0 bridgehead atoms. The van der Waals surface area contributed by atoms with Gasteiger partial charge in [-0.25, -0.2) is 4.79 Å². The van der Waals surface area contributed by atoms with Gasteiger partial charge in [0.25, 0.3) is 0 Å². The molecule has 0 saturated heterocycles. The maximum Gasteiger partial charge on any atom is 0.354 e. The van der Waals surface area contributed by atoms with Gasteiger partial charge in [0.15, 0.2) is 0 Å². The molecule has 1 heterocycles. The summed E-state index contributed by atoms with van der Waals surface area (Å²) in [5, 5.41) is 8.71. The number of aryl methyl sites for hydroxylation is 1. The highest BCUT2D eigenvalue weighted by atomic mass is 16.5. The molecule has 1 aromatic heterocycles. The van der Waals surface area contributed by atoms with Crippen LogP contribution in [0.1, 0.15) is 21.7 Å². The zero-order valence-electron chi connectivity index (χ0n) is 8.90. The first kappa shape index (κ1) is 11.3. The number of nitrogens with zero attached hydrogens (tertiary/aromatic N) is 1. The van der Waals surface area contributed by atoms with Crippen LogP contribution in [0.25, 0.3) is 0 Å². The van der Waals surface area contributed by atoms with E-state index in [9.17, 15) is 9.59 Å². The molecule has 0 atom stereocenters. The van der Waals surface area contributed by atoms with Gasteiger partial charge in [0.2, 0.25) is 0 Å². The van der Waals surface area contributed by atoms with E-state index in [1.165, 1.54) is 11.7 Å². The number of hydrogen-bond acceptors (Lipinski definition) is 3. The van der Waals surface area contributed by atoms with Crippen LogP contribution in [0.4, 0.5) is 0 Å². The van der Waals surface area contributed by atoms with Gasteiger partial charge in [-0.2, -0.15) is 0 Å². The Morgan fingerprint density at radius 2 is 2.07 bits per heavy atom. The van der Waals surface area contributed by atoms with Gasteiger partial charge in [-0.05, 0) is 25.5 Å². The number of aliphatic carboxylic acids is 1. The summed E-state index contributed by atoms with van der Waals surface area (Å²) in [6.07, 6.45) is 0. The second-order valence-corrected chi connectivity index (χ2v) is 3.27. The van der Waals surface area contributed by atoms with E-state index >= 15 is 0 Å². The summed E-state index contributed by atoms with van der Waals surface area (Å²) in [6.45, 7) is 3.36. The average molecular weight is 211 g/mol. The van der Waals surface area contributed by atoms with E-state index in [1.54, 1.807) is 13.0 Å². The molecule has 0 amide bonds. The van der Waals surface area contributed by atoms with Crippen molar-refractivity contribution in [1.29, 1.82) is 0 Å². The fourth-order valence-corrected chi connectivity index (χ4v) is 1.39. The van der Waals surface area contributed by atoms with Gasteiger partial charge in [-0.1, -0.05) is 0 Å². The molecule has 0 aliphatic heterocycles. The summed E-state index contributed by atoms with van der Waals surface area (Å²) in [7, 11) is 1.27. The Labute approximate surface area is 87.3 Å². The Morgan fingerprint density at radius 3 is 2.53 bits per heavy atom. The Bertz CT molecular complexity index is 406. The van der Waals surface area contributed by atoms with Crippen LogP contribution in [0.15, 0.2) is 6.07 Å². The van der Waals surface area contributed by atoms with Crippen LogP contribution in [0.5, 0.6) is 0 Å². The number of methoxy groups -OCH3 is 1. The van der Waals surface area contributed by atoms with Crippen molar-refractivity contribution in [2.45, 2.75) is 20.4 Å². The van der Waals surface area contributed by atoms with E-state index < -0.39 is 11.9 Å². The molecule has 0 unspecified atom stereocenters. The number of esters is 1. The first-order valence-corrected chi connectivity index (χ1v) is 4.44. The highest BCUT2D eigenvalue weighted by Gasteiger charge is 2.17. The zero-order chi connectivity index (χ0) is 11.6. The van der Waals surface area contributed by atoms with Crippen molar-refractivity contribution in [3.63, 3.8) is 0 Å². The van der Waals surface area contributed by atoms with Gasteiger partial charge in [0, 0.05) is 5.69 Å². The minimum absolute atomic E-state index is 0.232. The van der Waals surface area contributed by atoms with Gasteiger partial charge >= 0.3 is 11.9 Å². The molecule has 0 spiro atoms. The van der Waals surface area contributed by atoms with E-state index in [2.05, 4.69) is 4.74 Å². The highest BCUT2D eigenvalue weighted by Crippen LogP contribution is 2.15. The number of aromatic nitrogens is 1. The standard InChI is InChI=1S/C10H13NO4/c1-6-4-8(10(14)15-3)11(7(6)2)5-9(12)13/h4H,5H2,1-3H3,(H,12,13). The molecule has 15 heavy (non-hydrogen) atoms. The van der Waals surface area contributed by atoms with Gasteiger partial charge in [-0.15, -0.1) is 0 Å². The van der Waals surface area contributed by atoms with E-state index in [1.807, 2.05) is 6.92 Å². The third-order valence-electron chi connectivity index (χ3n) is 2.31. The second kappa shape index (κ2) is 4.16. The van der Waals surface area contributed by atoms with Crippen molar-refractivity contribution in [2.24, 2.45) is 0 Å². The molecule has 5 heteroatoms. The van der Waals surface area contributed by atoms with Crippen LogP contribution in [0.2, 0.25) is 0 Å². The van der Waals surface area contributed by atoms with Crippen molar-refractivity contribution in [3.05, 3.63) is 23.0 Å².